The smallest absolute Gasteiger partial charge is 0.308 e. The van der Waals surface area contributed by atoms with Crippen LogP contribution in [0, 0.1) is 5.92 Å². The zero-order valence-corrected chi connectivity index (χ0v) is 15.7. The van der Waals surface area contributed by atoms with Crippen LogP contribution in [0.4, 0.5) is 5.69 Å². The summed E-state index contributed by atoms with van der Waals surface area (Å²) < 4.78 is 9.85. The monoisotopic (exact) mass is 386 g/mol. The van der Waals surface area contributed by atoms with Crippen LogP contribution in [0.2, 0.25) is 0 Å². The number of anilines is 1. The van der Waals surface area contributed by atoms with E-state index < -0.39 is 18.5 Å². The Morgan fingerprint density at radius 3 is 2.39 bits per heavy atom. The van der Waals surface area contributed by atoms with Gasteiger partial charge in [-0.3, -0.25) is 19.2 Å². The van der Waals surface area contributed by atoms with Gasteiger partial charge in [0.15, 0.2) is 18.2 Å². The minimum absolute atomic E-state index is 0.0663. The summed E-state index contributed by atoms with van der Waals surface area (Å²) in [5.41, 5.74) is 0.945. The van der Waals surface area contributed by atoms with Gasteiger partial charge in [-0.1, -0.05) is 13.8 Å². The van der Waals surface area contributed by atoms with Crippen LogP contribution in [-0.2, 0) is 14.3 Å². The maximum Gasteiger partial charge on any atom is 0.308 e. The van der Waals surface area contributed by atoms with Gasteiger partial charge in [-0.25, -0.2) is 0 Å². The molecule has 1 heterocycles. The highest BCUT2D eigenvalue weighted by molar-refractivity contribution is 5.99. The maximum atomic E-state index is 12.1. The molecular formula is C20H22N2O6. The molecule has 0 bridgehead atoms. The van der Waals surface area contributed by atoms with Crippen molar-refractivity contribution in [2.75, 3.05) is 18.5 Å². The van der Waals surface area contributed by atoms with Crippen LogP contribution >= 0.6 is 0 Å². The standard InChI is InChI=1S/C20H22N2O6/c1-13(2)19(25)22-15-7-5-14(6-8-15)16(23)12-28-18(24)9-10-21-20(26)17-4-3-11-27-17/h3-8,11,13H,9-10,12H2,1-2H3,(H,21,26)(H,22,25). The number of rotatable bonds is 9. The zero-order valence-electron chi connectivity index (χ0n) is 15.7. The predicted molar refractivity (Wildman–Crippen MR) is 101 cm³/mol. The van der Waals surface area contributed by atoms with Gasteiger partial charge in [0.05, 0.1) is 12.7 Å². The SMILES string of the molecule is CC(C)C(=O)Nc1ccc(C(=O)COC(=O)CCNC(=O)c2ccco2)cc1. The first-order valence-electron chi connectivity index (χ1n) is 8.78. The minimum Gasteiger partial charge on any atom is -0.459 e. The van der Waals surface area contributed by atoms with Crippen LogP contribution in [0.15, 0.2) is 47.1 Å². The Morgan fingerprint density at radius 2 is 1.79 bits per heavy atom. The second kappa shape index (κ2) is 10.1. The van der Waals surface area contributed by atoms with Crippen LogP contribution in [0.1, 0.15) is 41.2 Å². The summed E-state index contributed by atoms with van der Waals surface area (Å²) in [7, 11) is 0. The van der Waals surface area contributed by atoms with Crippen molar-refractivity contribution in [3.05, 3.63) is 54.0 Å². The van der Waals surface area contributed by atoms with Crippen molar-refractivity contribution >= 4 is 29.3 Å². The third kappa shape index (κ3) is 6.39. The second-order valence-electron chi connectivity index (χ2n) is 6.29. The molecular weight excluding hydrogens is 364 g/mol. The van der Waals surface area contributed by atoms with Crippen LogP contribution in [0.5, 0.6) is 0 Å². The number of hydrogen-bond donors (Lipinski definition) is 2. The molecule has 0 radical (unpaired) electrons. The Bertz CT molecular complexity index is 825. The van der Waals surface area contributed by atoms with E-state index >= 15 is 0 Å². The maximum absolute atomic E-state index is 12.1. The molecule has 148 valence electrons. The van der Waals surface area contributed by atoms with Crippen molar-refractivity contribution in [3.8, 4) is 0 Å². The number of amides is 2. The summed E-state index contributed by atoms with van der Waals surface area (Å²) >= 11 is 0. The van der Waals surface area contributed by atoms with Gasteiger partial charge >= 0.3 is 5.97 Å². The fraction of sp³-hybridized carbons (Fsp3) is 0.300. The molecule has 0 unspecified atom stereocenters. The van der Waals surface area contributed by atoms with Crippen LogP contribution in [-0.4, -0.2) is 36.7 Å². The number of benzene rings is 1. The highest BCUT2D eigenvalue weighted by atomic mass is 16.5. The molecule has 0 saturated heterocycles. The van der Waals surface area contributed by atoms with E-state index in [0.29, 0.717) is 11.3 Å². The number of nitrogens with one attached hydrogen (secondary N) is 2. The number of ketones is 1. The molecule has 0 aliphatic rings. The Labute approximate surface area is 162 Å². The summed E-state index contributed by atoms with van der Waals surface area (Å²) in [5, 5.41) is 5.24. The zero-order chi connectivity index (χ0) is 20.5. The fourth-order valence-corrected chi connectivity index (χ4v) is 2.10. The summed E-state index contributed by atoms with van der Waals surface area (Å²) in [4.78, 5) is 47.0. The lowest BCUT2D eigenvalue weighted by Crippen LogP contribution is -2.26. The van der Waals surface area contributed by atoms with Gasteiger partial charge < -0.3 is 19.8 Å². The van der Waals surface area contributed by atoms with Crippen molar-refractivity contribution in [2.45, 2.75) is 20.3 Å². The minimum atomic E-state index is -0.603. The Morgan fingerprint density at radius 1 is 1.07 bits per heavy atom. The average Bonchev–Trinajstić information content (AvgIpc) is 3.21. The highest BCUT2D eigenvalue weighted by Crippen LogP contribution is 2.11. The first-order valence-corrected chi connectivity index (χ1v) is 8.78. The summed E-state index contributed by atoms with van der Waals surface area (Å²) in [6, 6.07) is 9.41. The van der Waals surface area contributed by atoms with Crippen molar-refractivity contribution in [2.24, 2.45) is 5.92 Å². The van der Waals surface area contributed by atoms with Gasteiger partial charge in [-0.2, -0.15) is 0 Å². The Hall–Kier alpha value is -3.42. The van der Waals surface area contributed by atoms with E-state index in [0.717, 1.165) is 0 Å². The van der Waals surface area contributed by atoms with Gasteiger partial charge in [0.2, 0.25) is 5.91 Å². The third-order valence-electron chi connectivity index (χ3n) is 3.72. The largest absolute Gasteiger partial charge is 0.459 e. The topological polar surface area (TPSA) is 115 Å². The van der Waals surface area contributed by atoms with Crippen LogP contribution < -0.4 is 10.6 Å². The molecule has 0 spiro atoms. The molecule has 8 heteroatoms. The van der Waals surface area contributed by atoms with Crippen molar-refractivity contribution in [1.82, 2.24) is 5.32 Å². The van der Waals surface area contributed by atoms with Crippen molar-refractivity contribution < 1.29 is 28.3 Å². The van der Waals surface area contributed by atoms with Crippen LogP contribution in [0.3, 0.4) is 0 Å². The molecule has 1 aromatic carbocycles. The first-order chi connectivity index (χ1) is 13.4. The molecule has 0 saturated carbocycles. The molecule has 0 aliphatic heterocycles. The molecule has 2 N–H and O–H groups in total. The Balaban J connectivity index is 1.71. The van der Waals surface area contributed by atoms with Crippen molar-refractivity contribution in [1.29, 1.82) is 0 Å². The molecule has 28 heavy (non-hydrogen) atoms. The summed E-state index contributed by atoms with van der Waals surface area (Å²) in [6.45, 7) is 3.23. The third-order valence-corrected chi connectivity index (χ3v) is 3.72. The lowest BCUT2D eigenvalue weighted by Gasteiger charge is -2.08. The van der Waals surface area contributed by atoms with Crippen molar-refractivity contribution in [3.63, 3.8) is 0 Å². The molecule has 0 aliphatic carbocycles. The number of furan rings is 1. The van der Waals surface area contributed by atoms with E-state index in [4.69, 9.17) is 9.15 Å². The summed E-state index contributed by atoms with van der Waals surface area (Å²) in [5.74, 6) is -1.52. The molecule has 2 aromatic rings. The van der Waals surface area contributed by atoms with E-state index in [1.165, 1.54) is 12.3 Å². The van der Waals surface area contributed by atoms with Gasteiger partial charge in [0.1, 0.15) is 0 Å². The number of Topliss-reactive ketones (excluding diaryl/α,β-unsaturated/α-hetero) is 1. The molecule has 0 fully saturated rings. The highest BCUT2D eigenvalue weighted by Gasteiger charge is 2.13. The normalized spacial score (nSPS) is 10.4. The van der Waals surface area contributed by atoms with Gasteiger partial charge in [-0.05, 0) is 36.4 Å². The number of carbonyl (C=O) groups excluding carboxylic acids is 4. The van der Waals surface area contributed by atoms with E-state index in [2.05, 4.69) is 10.6 Å². The van der Waals surface area contributed by atoms with E-state index in [9.17, 15) is 19.2 Å². The van der Waals surface area contributed by atoms with E-state index in [1.54, 1.807) is 44.2 Å². The Kier molecular flexibility index (Phi) is 7.50. The molecule has 2 amide bonds. The molecule has 8 nitrogen and oxygen atoms in total. The van der Waals surface area contributed by atoms with Gasteiger partial charge in [-0.15, -0.1) is 0 Å². The summed E-state index contributed by atoms with van der Waals surface area (Å²) in [6.07, 6.45) is 1.31. The lowest BCUT2D eigenvalue weighted by molar-refractivity contribution is -0.142. The quantitative estimate of drug-likeness (QED) is 0.505. The van der Waals surface area contributed by atoms with Gasteiger partial charge in [0, 0.05) is 23.7 Å². The first kappa shape index (κ1) is 20.9. The number of ether oxygens (including phenoxy) is 1. The number of esters is 1. The number of hydrogen-bond acceptors (Lipinski definition) is 6. The second-order valence-corrected chi connectivity index (χ2v) is 6.29. The predicted octanol–water partition coefficient (Wildman–Crippen LogP) is 2.42. The molecule has 1 aromatic heterocycles. The number of carbonyl (C=O) groups is 4. The fourth-order valence-electron chi connectivity index (χ4n) is 2.10. The lowest BCUT2D eigenvalue weighted by atomic mass is 10.1. The van der Waals surface area contributed by atoms with Gasteiger partial charge in [0.25, 0.3) is 5.91 Å². The van der Waals surface area contributed by atoms with E-state index in [-0.39, 0.29) is 36.3 Å². The molecule has 0 atom stereocenters. The van der Waals surface area contributed by atoms with Crippen LogP contribution in [0.25, 0.3) is 0 Å². The average molecular weight is 386 g/mol. The van der Waals surface area contributed by atoms with E-state index in [1.807, 2.05) is 0 Å². The molecule has 2 rings (SSSR count).